The van der Waals surface area contributed by atoms with Crippen molar-refractivity contribution in [3.63, 3.8) is 0 Å². The van der Waals surface area contributed by atoms with Gasteiger partial charge in [-0.3, -0.25) is 4.79 Å². The van der Waals surface area contributed by atoms with Gasteiger partial charge in [0.05, 0.1) is 0 Å². The smallest absolute Gasteiger partial charge is 0.250 e. The van der Waals surface area contributed by atoms with Gasteiger partial charge >= 0.3 is 0 Å². The molecule has 1 fully saturated rings. The first-order chi connectivity index (χ1) is 7.73. The molecule has 1 saturated heterocycles. The van der Waals surface area contributed by atoms with Crippen LogP contribution in [0.2, 0.25) is 0 Å². The lowest BCUT2D eigenvalue weighted by Gasteiger charge is -2.34. The Morgan fingerprint density at radius 1 is 1.31 bits per heavy atom. The minimum Gasteiger partial charge on any atom is -0.367 e. The number of nitrogens with two attached hydrogens (primary N) is 1. The van der Waals surface area contributed by atoms with Gasteiger partial charge in [0.25, 0.3) is 0 Å². The molecule has 1 aromatic carbocycles. The van der Waals surface area contributed by atoms with Crippen LogP contribution in [0.1, 0.15) is 24.8 Å². The van der Waals surface area contributed by atoms with Gasteiger partial charge in [-0.25, -0.2) is 0 Å². The quantitative estimate of drug-likeness (QED) is 0.839. The Hall–Kier alpha value is -1.35. The summed E-state index contributed by atoms with van der Waals surface area (Å²) in [7, 11) is 0. The van der Waals surface area contributed by atoms with Gasteiger partial charge in [-0.05, 0) is 24.8 Å². The van der Waals surface area contributed by atoms with E-state index in [0.29, 0.717) is 13.0 Å². The molecule has 1 aromatic rings. The third-order valence-corrected chi connectivity index (χ3v) is 2.92. The molecule has 1 atom stereocenters. The Kier molecular flexibility index (Phi) is 3.25. The number of ether oxygens (including phenoxy) is 1. The average Bonchev–Trinajstić information content (AvgIpc) is 2.31. The van der Waals surface area contributed by atoms with Crippen LogP contribution >= 0.6 is 0 Å². The van der Waals surface area contributed by atoms with E-state index in [1.54, 1.807) is 0 Å². The number of rotatable bonds is 3. The summed E-state index contributed by atoms with van der Waals surface area (Å²) in [4.78, 5) is 11.5. The Labute approximate surface area is 95.6 Å². The molecule has 0 aromatic heterocycles. The van der Waals surface area contributed by atoms with Crippen molar-refractivity contribution in [2.45, 2.75) is 24.9 Å². The molecule has 16 heavy (non-hydrogen) atoms. The Morgan fingerprint density at radius 2 is 2.06 bits per heavy atom. The lowest BCUT2D eigenvalue weighted by atomic mass is 9.86. The molecule has 2 rings (SSSR count). The fourth-order valence-electron chi connectivity index (χ4n) is 2.01. The van der Waals surface area contributed by atoms with Crippen LogP contribution in [0.5, 0.6) is 0 Å². The van der Waals surface area contributed by atoms with E-state index in [2.05, 4.69) is 0 Å². The summed E-state index contributed by atoms with van der Waals surface area (Å²) in [5, 5.41) is 0. The summed E-state index contributed by atoms with van der Waals surface area (Å²) in [6.45, 7) is 0.603. The zero-order chi connectivity index (χ0) is 11.4. The second-order valence-corrected chi connectivity index (χ2v) is 4.11. The van der Waals surface area contributed by atoms with Gasteiger partial charge in [0.1, 0.15) is 0 Å². The largest absolute Gasteiger partial charge is 0.367 e. The molecule has 3 nitrogen and oxygen atoms in total. The lowest BCUT2D eigenvalue weighted by molar-refractivity contribution is -0.143. The first-order valence-electron chi connectivity index (χ1n) is 5.58. The molecule has 0 saturated carbocycles. The molecule has 0 aliphatic carbocycles. The van der Waals surface area contributed by atoms with Crippen LogP contribution in [0.3, 0.4) is 0 Å². The van der Waals surface area contributed by atoms with Crippen LogP contribution in [-0.2, 0) is 9.53 Å². The fraction of sp³-hybridized carbons (Fsp3) is 0.385. The standard InChI is InChI=1S/C13H16NO2/c14-12(15)13(8-4-5-9-16-13)10-11-6-2-1-3-7-11/h1-3,6-7,10H,4-5,8-9H2,(H2,14,15). The molecular weight excluding hydrogens is 202 g/mol. The molecule has 0 spiro atoms. The third kappa shape index (κ3) is 2.25. The molecule has 1 aliphatic rings. The summed E-state index contributed by atoms with van der Waals surface area (Å²) < 4.78 is 5.60. The van der Waals surface area contributed by atoms with Crippen LogP contribution in [0.15, 0.2) is 30.3 Å². The molecule has 1 radical (unpaired) electrons. The van der Waals surface area contributed by atoms with Gasteiger partial charge < -0.3 is 10.5 Å². The van der Waals surface area contributed by atoms with Gasteiger partial charge in [-0.2, -0.15) is 0 Å². The van der Waals surface area contributed by atoms with Crippen molar-refractivity contribution in [3.8, 4) is 0 Å². The highest BCUT2D eigenvalue weighted by molar-refractivity contribution is 5.86. The van der Waals surface area contributed by atoms with E-state index < -0.39 is 11.5 Å². The van der Waals surface area contributed by atoms with E-state index in [-0.39, 0.29) is 0 Å². The number of hydrogen-bond donors (Lipinski definition) is 1. The van der Waals surface area contributed by atoms with Crippen molar-refractivity contribution in [2.75, 3.05) is 6.61 Å². The topological polar surface area (TPSA) is 52.3 Å². The second kappa shape index (κ2) is 4.66. The first-order valence-corrected chi connectivity index (χ1v) is 5.58. The van der Waals surface area contributed by atoms with E-state index in [1.807, 2.05) is 36.8 Å². The number of amides is 1. The van der Waals surface area contributed by atoms with Crippen LogP contribution < -0.4 is 5.73 Å². The fourth-order valence-corrected chi connectivity index (χ4v) is 2.01. The zero-order valence-corrected chi connectivity index (χ0v) is 9.19. The lowest BCUT2D eigenvalue weighted by Crippen LogP contribution is -2.49. The summed E-state index contributed by atoms with van der Waals surface area (Å²) >= 11 is 0. The van der Waals surface area contributed by atoms with Crippen LogP contribution in [0.25, 0.3) is 0 Å². The Balaban J connectivity index is 2.17. The van der Waals surface area contributed by atoms with Crippen molar-refractivity contribution >= 4 is 5.91 Å². The van der Waals surface area contributed by atoms with Crippen LogP contribution in [-0.4, -0.2) is 18.1 Å². The van der Waals surface area contributed by atoms with Crippen molar-refractivity contribution in [3.05, 3.63) is 42.3 Å². The van der Waals surface area contributed by atoms with E-state index in [4.69, 9.17) is 10.5 Å². The predicted molar refractivity (Wildman–Crippen MR) is 61.6 cm³/mol. The molecule has 0 bridgehead atoms. The predicted octanol–water partition coefficient (Wildman–Crippen LogP) is 1.66. The molecule has 85 valence electrons. The Morgan fingerprint density at radius 3 is 2.62 bits per heavy atom. The molecule has 1 unspecified atom stereocenters. The highest BCUT2D eigenvalue weighted by atomic mass is 16.5. The van der Waals surface area contributed by atoms with E-state index >= 15 is 0 Å². The molecule has 1 heterocycles. The van der Waals surface area contributed by atoms with Gasteiger partial charge in [0.15, 0.2) is 5.60 Å². The zero-order valence-electron chi connectivity index (χ0n) is 9.19. The highest BCUT2D eigenvalue weighted by Crippen LogP contribution is 2.30. The molecular formula is C13H16NO2. The number of carbonyl (C=O) groups excluding carboxylic acids is 1. The molecule has 2 N–H and O–H groups in total. The maximum Gasteiger partial charge on any atom is 0.250 e. The minimum atomic E-state index is -0.903. The number of hydrogen-bond acceptors (Lipinski definition) is 2. The van der Waals surface area contributed by atoms with Gasteiger partial charge in [-0.1, -0.05) is 30.3 Å². The molecule has 1 amide bonds. The second-order valence-electron chi connectivity index (χ2n) is 4.11. The maximum absolute atomic E-state index is 11.5. The summed E-state index contributed by atoms with van der Waals surface area (Å²) in [6.07, 6.45) is 4.50. The van der Waals surface area contributed by atoms with Crippen molar-refractivity contribution < 1.29 is 9.53 Å². The van der Waals surface area contributed by atoms with E-state index in [0.717, 1.165) is 18.4 Å². The molecule has 1 aliphatic heterocycles. The average molecular weight is 218 g/mol. The SMILES string of the molecule is NC(=O)C1([CH]c2ccccc2)CCCCO1. The number of benzene rings is 1. The first kappa shape index (κ1) is 11.1. The Bertz CT molecular complexity index is 355. The van der Waals surface area contributed by atoms with Crippen molar-refractivity contribution in [1.29, 1.82) is 0 Å². The minimum absolute atomic E-state index is 0.393. The normalized spacial score (nSPS) is 25.2. The highest BCUT2D eigenvalue weighted by Gasteiger charge is 2.39. The monoisotopic (exact) mass is 218 g/mol. The van der Waals surface area contributed by atoms with Crippen LogP contribution in [0, 0.1) is 6.42 Å². The van der Waals surface area contributed by atoms with Crippen molar-refractivity contribution in [2.24, 2.45) is 5.73 Å². The van der Waals surface area contributed by atoms with E-state index in [9.17, 15) is 4.79 Å². The van der Waals surface area contributed by atoms with Crippen LogP contribution in [0.4, 0.5) is 0 Å². The van der Waals surface area contributed by atoms with Gasteiger partial charge in [0, 0.05) is 13.0 Å². The number of primary amides is 1. The summed E-state index contributed by atoms with van der Waals surface area (Å²) in [5.74, 6) is -0.393. The van der Waals surface area contributed by atoms with Crippen molar-refractivity contribution in [1.82, 2.24) is 0 Å². The summed E-state index contributed by atoms with van der Waals surface area (Å²) in [6, 6.07) is 9.70. The summed E-state index contributed by atoms with van der Waals surface area (Å²) in [5.41, 5.74) is 5.53. The van der Waals surface area contributed by atoms with Gasteiger partial charge in [0.2, 0.25) is 5.91 Å². The molecule has 3 heteroatoms. The van der Waals surface area contributed by atoms with E-state index in [1.165, 1.54) is 0 Å². The third-order valence-electron chi connectivity index (χ3n) is 2.92. The number of carbonyl (C=O) groups is 1. The van der Waals surface area contributed by atoms with Gasteiger partial charge in [-0.15, -0.1) is 0 Å². The maximum atomic E-state index is 11.5.